The minimum atomic E-state index is 0.769. The number of halogens is 1. The number of aryl methyl sites for hydroxylation is 1. The van der Waals surface area contributed by atoms with Gasteiger partial charge in [0.25, 0.3) is 0 Å². The van der Waals surface area contributed by atoms with E-state index in [-0.39, 0.29) is 0 Å². The van der Waals surface area contributed by atoms with Crippen LogP contribution in [0.1, 0.15) is 17.5 Å². The molecule has 0 amide bonds. The largest absolute Gasteiger partial charge is 0.311 e. The average molecular weight is 268 g/mol. The lowest BCUT2D eigenvalue weighted by Gasteiger charge is -1.99. The standard InChI is InChI=1S/C12H14ClN3S/c1-3-14-7-11-15-16-12(17-11)9-5-4-8(2)10(13)6-9/h4-6,14H,3,7H2,1-2H3. The van der Waals surface area contributed by atoms with Crippen LogP contribution in [0.5, 0.6) is 0 Å². The van der Waals surface area contributed by atoms with Crippen molar-refractivity contribution in [2.75, 3.05) is 6.54 Å². The Labute approximate surface area is 110 Å². The molecule has 3 nitrogen and oxygen atoms in total. The molecule has 90 valence electrons. The van der Waals surface area contributed by atoms with Crippen LogP contribution in [0.2, 0.25) is 5.02 Å². The van der Waals surface area contributed by atoms with Crippen molar-refractivity contribution in [2.45, 2.75) is 20.4 Å². The van der Waals surface area contributed by atoms with Gasteiger partial charge in [-0.15, -0.1) is 10.2 Å². The number of nitrogens with one attached hydrogen (secondary N) is 1. The minimum absolute atomic E-state index is 0.769. The maximum Gasteiger partial charge on any atom is 0.147 e. The second-order valence-corrected chi connectivity index (χ2v) is 5.21. The number of aromatic nitrogens is 2. The smallest absolute Gasteiger partial charge is 0.147 e. The first-order chi connectivity index (χ1) is 8.20. The Morgan fingerprint density at radius 1 is 1.35 bits per heavy atom. The summed E-state index contributed by atoms with van der Waals surface area (Å²) in [4.78, 5) is 0. The van der Waals surface area contributed by atoms with Crippen molar-refractivity contribution < 1.29 is 0 Å². The molecule has 0 aliphatic heterocycles. The molecule has 1 N–H and O–H groups in total. The zero-order valence-electron chi connectivity index (χ0n) is 9.83. The minimum Gasteiger partial charge on any atom is -0.311 e. The van der Waals surface area contributed by atoms with Gasteiger partial charge in [-0.25, -0.2) is 0 Å². The van der Waals surface area contributed by atoms with Crippen LogP contribution < -0.4 is 5.32 Å². The fourth-order valence-electron chi connectivity index (χ4n) is 1.40. The second-order valence-electron chi connectivity index (χ2n) is 3.75. The summed E-state index contributed by atoms with van der Waals surface area (Å²) in [6.07, 6.45) is 0. The van der Waals surface area contributed by atoms with E-state index in [0.717, 1.165) is 39.3 Å². The summed E-state index contributed by atoms with van der Waals surface area (Å²) in [7, 11) is 0. The molecule has 0 unspecified atom stereocenters. The molecule has 0 saturated carbocycles. The molecule has 0 bridgehead atoms. The van der Waals surface area contributed by atoms with Crippen molar-refractivity contribution in [3.63, 3.8) is 0 Å². The first-order valence-corrected chi connectivity index (χ1v) is 6.69. The number of benzene rings is 1. The molecule has 0 fully saturated rings. The van der Waals surface area contributed by atoms with E-state index < -0.39 is 0 Å². The van der Waals surface area contributed by atoms with Gasteiger partial charge in [-0.2, -0.15) is 0 Å². The molecule has 1 aromatic carbocycles. The van der Waals surface area contributed by atoms with Gasteiger partial charge in [-0.3, -0.25) is 0 Å². The Kier molecular flexibility index (Phi) is 4.10. The molecule has 0 radical (unpaired) electrons. The SMILES string of the molecule is CCNCc1nnc(-c2ccc(C)c(Cl)c2)s1. The van der Waals surface area contributed by atoms with Gasteiger partial charge in [0.15, 0.2) is 0 Å². The molecular formula is C12H14ClN3S. The molecule has 2 aromatic rings. The maximum absolute atomic E-state index is 6.10. The van der Waals surface area contributed by atoms with Crippen LogP contribution in [0, 0.1) is 6.92 Å². The van der Waals surface area contributed by atoms with Crippen LogP contribution in [0.25, 0.3) is 10.6 Å². The lowest BCUT2D eigenvalue weighted by atomic mass is 10.2. The summed E-state index contributed by atoms with van der Waals surface area (Å²) in [5, 5.41) is 14.2. The number of nitrogens with zero attached hydrogens (tertiary/aromatic N) is 2. The fraction of sp³-hybridized carbons (Fsp3) is 0.333. The van der Waals surface area contributed by atoms with Gasteiger partial charge in [0.05, 0.1) is 0 Å². The molecule has 2 rings (SSSR count). The zero-order valence-corrected chi connectivity index (χ0v) is 11.4. The molecule has 0 spiro atoms. The van der Waals surface area contributed by atoms with E-state index in [0.29, 0.717) is 0 Å². The van der Waals surface area contributed by atoms with E-state index in [1.807, 2.05) is 25.1 Å². The van der Waals surface area contributed by atoms with Crippen molar-refractivity contribution in [2.24, 2.45) is 0 Å². The Morgan fingerprint density at radius 3 is 2.88 bits per heavy atom. The third-order valence-electron chi connectivity index (χ3n) is 2.41. The summed E-state index contributed by atoms with van der Waals surface area (Å²) >= 11 is 7.70. The molecular weight excluding hydrogens is 254 g/mol. The van der Waals surface area contributed by atoms with Gasteiger partial charge in [0, 0.05) is 17.1 Å². The lowest BCUT2D eigenvalue weighted by Crippen LogP contribution is -2.11. The molecule has 1 heterocycles. The van der Waals surface area contributed by atoms with Crippen molar-refractivity contribution in [3.05, 3.63) is 33.8 Å². The second kappa shape index (κ2) is 5.58. The fourth-order valence-corrected chi connectivity index (χ4v) is 2.39. The number of hydrogen-bond donors (Lipinski definition) is 1. The van der Waals surface area contributed by atoms with Crippen molar-refractivity contribution >= 4 is 22.9 Å². The van der Waals surface area contributed by atoms with Gasteiger partial charge < -0.3 is 5.32 Å². The predicted octanol–water partition coefficient (Wildman–Crippen LogP) is 3.28. The summed E-state index contributed by atoms with van der Waals surface area (Å²) in [5.74, 6) is 0. The predicted molar refractivity (Wildman–Crippen MR) is 72.5 cm³/mol. The van der Waals surface area contributed by atoms with E-state index in [4.69, 9.17) is 11.6 Å². The third kappa shape index (κ3) is 3.03. The van der Waals surface area contributed by atoms with Gasteiger partial charge in [-0.1, -0.05) is 42.0 Å². The van der Waals surface area contributed by atoms with Gasteiger partial charge >= 0.3 is 0 Å². The molecule has 0 saturated heterocycles. The van der Waals surface area contributed by atoms with Crippen LogP contribution >= 0.6 is 22.9 Å². The molecule has 5 heteroatoms. The molecule has 17 heavy (non-hydrogen) atoms. The van der Waals surface area contributed by atoms with Crippen molar-refractivity contribution in [1.82, 2.24) is 15.5 Å². The summed E-state index contributed by atoms with van der Waals surface area (Å²) < 4.78 is 0. The van der Waals surface area contributed by atoms with Crippen LogP contribution in [-0.2, 0) is 6.54 Å². The lowest BCUT2D eigenvalue weighted by molar-refractivity contribution is 0.715. The molecule has 0 aliphatic carbocycles. The third-order valence-corrected chi connectivity index (χ3v) is 3.79. The zero-order chi connectivity index (χ0) is 12.3. The Bertz CT molecular complexity index is 510. The number of rotatable bonds is 4. The van der Waals surface area contributed by atoms with E-state index in [1.54, 1.807) is 11.3 Å². The molecule has 0 atom stereocenters. The molecule has 1 aromatic heterocycles. The van der Waals surface area contributed by atoms with Crippen LogP contribution in [-0.4, -0.2) is 16.7 Å². The Hall–Kier alpha value is -0.970. The van der Waals surface area contributed by atoms with Gasteiger partial charge in [0.2, 0.25) is 0 Å². The van der Waals surface area contributed by atoms with Crippen molar-refractivity contribution in [3.8, 4) is 10.6 Å². The first-order valence-electron chi connectivity index (χ1n) is 5.50. The first kappa shape index (κ1) is 12.5. The van der Waals surface area contributed by atoms with Crippen LogP contribution in [0.4, 0.5) is 0 Å². The highest BCUT2D eigenvalue weighted by Crippen LogP contribution is 2.27. The topological polar surface area (TPSA) is 37.8 Å². The summed E-state index contributed by atoms with van der Waals surface area (Å²) in [5.41, 5.74) is 2.11. The van der Waals surface area contributed by atoms with Gasteiger partial charge in [0.1, 0.15) is 10.0 Å². The molecule has 0 aliphatic rings. The summed E-state index contributed by atoms with van der Waals surface area (Å²) in [6.45, 7) is 5.77. The van der Waals surface area contributed by atoms with E-state index in [9.17, 15) is 0 Å². The van der Waals surface area contributed by atoms with E-state index in [2.05, 4.69) is 22.4 Å². The van der Waals surface area contributed by atoms with E-state index in [1.165, 1.54) is 0 Å². The van der Waals surface area contributed by atoms with Gasteiger partial charge in [-0.05, 0) is 25.1 Å². The monoisotopic (exact) mass is 267 g/mol. The van der Waals surface area contributed by atoms with Crippen molar-refractivity contribution in [1.29, 1.82) is 0 Å². The quantitative estimate of drug-likeness (QED) is 0.924. The Balaban J connectivity index is 2.21. The normalized spacial score (nSPS) is 10.8. The van der Waals surface area contributed by atoms with E-state index >= 15 is 0 Å². The highest BCUT2D eigenvalue weighted by Gasteiger charge is 2.07. The highest BCUT2D eigenvalue weighted by atomic mass is 35.5. The Morgan fingerprint density at radius 2 is 2.18 bits per heavy atom. The summed E-state index contributed by atoms with van der Waals surface area (Å²) in [6, 6.07) is 5.97. The van der Waals surface area contributed by atoms with Crippen LogP contribution in [0.3, 0.4) is 0 Å². The number of hydrogen-bond acceptors (Lipinski definition) is 4. The highest BCUT2D eigenvalue weighted by molar-refractivity contribution is 7.14. The average Bonchev–Trinajstić information content (AvgIpc) is 2.79. The van der Waals surface area contributed by atoms with Crippen LogP contribution in [0.15, 0.2) is 18.2 Å². The maximum atomic E-state index is 6.10.